The fourth-order valence-electron chi connectivity index (χ4n) is 3.70. The number of carbonyl (C=O) groups is 4. The molecule has 1 aliphatic heterocycles. The summed E-state index contributed by atoms with van der Waals surface area (Å²) in [5, 5.41) is 3.70. The van der Waals surface area contributed by atoms with Gasteiger partial charge >= 0.3 is 18.4 Å². The summed E-state index contributed by atoms with van der Waals surface area (Å²) in [5.74, 6) is -0.478. The van der Waals surface area contributed by atoms with Gasteiger partial charge in [0.2, 0.25) is 0 Å². The molecule has 2 aromatic carbocycles. The number of ether oxygens (including phenoxy) is 2. The Balaban J connectivity index is 0.000000797. The first-order chi connectivity index (χ1) is 20.9. The molecule has 10 nitrogen and oxygen atoms in total. The number of hydrogen-bond acceptors (Lipinski definition) is 6. The van der Waals surface area contributed by atoms with E-state index in [2.05, 4.69) is 10.1 Å². The third-order valence-corrected chi connectivity index (χ3v) is 6.12. The number of amides is 2. The highest BCUT2D eigenvalue weighted by Gasteiger charge is 2.42. The molecule has 1 aliphatic rings. The minimum Gasteiger partial charge on any atom is -0.444 e. The Labute approximate surface area is 278 Å². The maximum atomic E-state index is 12.0. The van der Waals surface area contributed by atoms with Crippen LogP contribution in [0, 0.1) is 0 Å². The van der Waals surface area contributed by atoms with Crippen molar-refractivity contribution in [3.63, 3.8) is 0 Å². The number of halogens is 2. The first-order valence-corrected chi connectivity index (χ1v) is 14.7. The van der Waals surface area contributed by atoms with Gasteiger partial charge in [0.05, 0.1) is 6.54 Å². The van der Waals surface area contributed by atoms with Crippen molar-refractivity contribution in [2.75, 3.05) is 6.54 Å². The molecule has 0 spiro atoms. The van der Waals surface area contributed by atoms with Crippen molar-refractivity contribution >= 4 is 53.2 Å². The maximum absolute atomic E-state index is 12.0. The monoisotopic (exact) mass is 665 g/mol. The van der Waals surface area contributed by atoms with E-state index >= 15 is 0 Å². The number of hydrogen-bond donors (Lipinski definition) is 1. The van der Waals surface area contributed by atoms with Crippen LogP contribution >= 0.6 is 23.2 Å². The zero-order valence-electron chi connectivity index (χ0n) is 27.2. The van der Waals surface area contributed by atoms with E-state index in [9.17, 15) is 19.2 Å². The second-order valence-corrected chi connectivity index (χ2v) is 12.5. The summed E-state index contributed by atoms with van der Waals surface area (Å²) in [6.07, 6.45) is 0.316. The van der Waals surface area contributed by atoms with E-state index in [0.717, 1.165) is 17.3 Å². The van der Waals surface area contributed by atoms with Crippen LogP contribution in [0.5, 0.6) is 0 Å². The number of Topliss-reactive ketones (excluding diaryl/α,β-unsaturated/α-hetero) is 2. The Kier molecular flexibility index (Phi) is 16.5. The Morgan fingerprint density at radius 2 is 1.47 bits per heavy atom. The van der Waals surface area contributed by atoms with Gasteiger partial charge in [-0.2, -0.15) is 4.79 Å². The number of alkyl carbamates (subject to hydrolysis) is 1. The van der Waals surface area contributed by atoms with Crippen LogP contribution in [0.4, 0.5) is 9.59 Å². The second-order valence-electron chi connectivity index (χ2n) is 11.6. The SMILES string of the molecule is C.CC(C)(C)OC(=O)N1CC(=O)C1Cc1ccc(Cl)cc1.CC(C)(C)OC(=O)N[C@@H](Cc1ccc(Cl)cc1)C(=O)C=[N+]=[N-].[2H]CC. The van der Waals surface area contributed by atoms with Crippen LogP contribution in [0.25, 0.3) is 5.53 Å². The van der Waals surface area contributed by atoms with Gasteiger partial charge in [-0.3, -0.25) is 14.5 Å². The van der Waals surface area contributed by atoms with Gasteiger partial charge in [0.25, 0.3) is 5.78 Å². The number of nitrogens with one attached hydrogen (secondary N) is 1. The molecule has 2 amide bonds. The van der Waals surface area contributed by atoms with E-state index in [4.69, 9.17) is 39.6 Å². The number of likely N-dealkylation sites (tertiary alicyclic amines) is 1. The van der Waals surface area contributed by atoms with Crippen molar-refractivity contribution in [3.05, 3.63) is 75.2 Å². The average molecular weight is 667 g/mol. The molecule has 1 heterocycles. The van der Waals surface area contributed by atoms with E-state index in [0.29, 0.717) is 23.4 Å². The van der Waals surface area contributed by atoms with Crippen LogP contribution in [0.15, 0.2) is 48.5 Å². The Morgan fingerprint density at radius 1 is 1.00 bits per heavy atom. The lowest BCUT2D eigenvalue weighted by Crippen LogP contribution is -2.61. The predicted molar refractivity (Wildman–Crippen MR) is 178 cm³/mol. The molecule has 3 rings (SSSR count). The number of ketones is 2. The van der Waals surface area contributed by atoms with Crippen molar-refractivity contribution < 1.29 is 34.8 Å². The zero-order valence-corrected chi connectivity index (χ0v) is 27.7. The molecule has 2 aromatic rings. The molecular formula is C33H46Cl2N4O6. The molecule has 0 saturated carbocycles. The Bertz CT molecular complexity index is 1340. The predicted octanol–water partition coefficient (Wildman–Crippen LogP) is 7.38. The van der Waals surface area contributed by atoms with Gasteiger partial charge in [0.1, 0.15) is 23.3 Å². The molecule has 1 saturated heterocycles. The lowest BCUT2D eigenvalue weighted by molar-refractivity contribution is -0.135. The second kappa shape index (κ2) is 18.9. The van der Waals surface area contributed by atoms with E-state index in [1.165, 1.54) is 4.90 Å². The molecule has 12 heteroatoms. The summed E-state index contributed by atoms with van der Waals surface area (Å²) < 4.78 is 16.6. The Morgan fingerprint density at radius 3 is 1.89 bits per heavy atom. The molecule has 0 aliphatic carbocycles. The highest BCUT2D eigenvalue weighted by atomic mass is 35.5. The fraction of sp³-hybridized carbons (Fsp3) is 0.485. The quantitative estimate of drug-likeness (QED) is 0.186. The van der Waals surface area contributed by atoms with E-state index in [-0.39, 0.29) is 26.2 Å². The highest BCUT2D eigenvalue weighted by Crippen LogP contribution is 2.23. The molecule has 1 unspecified atom stereocenters. The van der Waals surface area contributed by atoms with Crippen molar-refractivity contribution in [1.29, 1.82) is 0 Å². The molecule has 0 bridgehead atoms. The number of benzene rings is 2. The first-order valence-electron chi connectivity index (χ1n) is 14.6. The van der Waals surface area contributed by atoms with Gasteiger partial charge in [-0.1, -0.05) is 68.7 Å². The first kappa shape index (κ1) is 39.3. The van der Waals surface area contributed by atoms with Crippen molar-refractivity contribution in [1.82, 2.24) is 10.2 Å². The van der Waals surface area contributed by atoms with E-state index in [1.807, 2.05) is 12.1 Å². The minimum absolute atomic E-state index is 0. The molecular weight excluding hydrogens is 619 g/mol. The van der Waals surface area contributed by atoms with Crippen LogP contribution in [0.3, 0.4) is 0 Å². The van der Waals surface area contributed by atoms with Crippen LogP contribution in [0.1, 0.15) is 75.3 Å². The third-order valence-electron chi connectivity index (χ3n) is 5.62. The molecule has 0 aromatic heterocycles. The van der Waals surface area contributed by atoms with Crippen LogP contribution in [-0.2, 0) is 31.9 Å². The number of carbonyl (C=O) groups excluding carboxylic acids is 4. The fourth-order valence-corrected chi connectivity index (χ4v) is 3.95. The maximum Gasteiger partial charge on any atom is 0.411 e. The van der Waals surface area contributed by atoms with E-state index in [1.54, 1.807) is 84.9 Å². The highest BCUT2D eigenvalue weighted by molar-refractivity contribution is 6.31. The van der Waals surface area contributed by atoms with Gasteiger partial charge in [-0.15, -0.1) is 0 Å². The molecule has 45 heavy (non-hydrogen) atoms. The van der Waals surface area contributed by atoms with Gasteiger partial charge in [-0.25, -0.2) is 9.59 Å². The topological polar surface area (TPSA) is 138 Å². The summed E-state index contributed by atoms with van der Waals surface area (Å²) in [4.78, 5) is 51.6. The van der Waals surface area contributed by atoms with Crippen molar-refractivity contribution in [2.45, 2.75) is 98.9 Å². The molecule has 248 valence electrons. The van der Waals surface area contributed by atoms with E-state index < -0.39 is 41.3 Å². The van der Waals surface area contributed by atoms with Crippen molar-refractivity contribution in [3.8, 4) is 0 Å². The number of rotatable bonds is 7. The zero-order chi connectivity index (χ0) is 34.4. The summed E-state index contributed by atoms with van der Waals surface area (Å²) >= 11 is 11.6. The molecule has 1 N–H and O–H groups in total. The van der Waals surface area contributed by atoms with Crippen LogP contribution < -0.4 is 5.32 Å². The Hall–Kier alpha value is -3.72. The van der Waals surface area contributed by atoms with Crippen LogP contribution in [-0.4, -0.2) is 69.5 Å². The molecule has 1 fully saturated rings. The smallest absolute Gasteiger partial charge is 0.411 e. The van der Waals surface area contributed by atoms with Gasteiger partial charge in [0.15, 0.2) is 5.78 Å². The summed E-state index contributed by atoms with van der Waals surface area (Å²) in [5.41, 5.74) is 9.03. The average Bonchev–Trinajstić information content (AvgIpc) is 2.91. The van der Waals surface area contributed by atoms with Crippen molar-refractivity contribution in [2.24, 2.45) is 0 Å². The summed E-state index contributed by atoms with van der Waals surface area (Å²) in [6, 6.07) is 12.8. The summed E-state index contributed by atoms with van der Waals surface area (Å²) in [7, 11) is 0. The number of nitrogens with zero attached hydrogens (tertiary/aromatic N) is 3. The third kappa shape index (κ3) is 15.7. The van der Waals surface area contributed by atoms with Gasteiger partial charge in [-0.05, 0) is 76.9 Å². The molecule has 2 atom stereocenters. The molecule has 0 radical (unpaired) electrons. The normalized spacial score (nSPS) is 14.6. The largest absolute Gasteiger partial charge is 0.444 e. The van der Waals surface area contributed by atoms with Gasteiger partial charge < -0.3 is 20.3 Å². The van der Waals surface area contributed by atoms with Crippen LogP contribution in [0.2, 0.25) is 10.0 Å². The van der Waals surface area contributed by atoms with Gasteiger partial charge in [0, 0.05) is 24.3 Å². The lowest BCUT2D eigenvalue weighted by Gasteiger charge is -2.39. The minimum atomic E-state index is -0.896. The lowest BCUT2D eigenvalue weighted by atomic mass is 9.94. The summed E-state index contributed by atoms with van der Waals surface area (Å²) in [6.45, 7) is 13.0. The standard InChI is InChI=1S/C15H18ClN3O3.C15H18ClNO3.C2H6.CH4/c1-15(2,3)22-14(21)19-12(13(20)9-18-17)8-10-4-6-11(16)7-5-10;1-15(2,3)20-14(19)17-9-13(18)12(17)8-10-4-6-11(16)7-5-10;1-2;/h4-7,9,12H,8H2,1-3H3,(H,19,21);4-7,12H,8-9H2,1-3H3;1-2H3;1H4/t12-;;;/m0.../s1/i;;1D;.